The van der Waals surface area contributed by atoms with Crippen LogP contribution in [-0.2, 0) is 0 Å². The number of rotatable bonds is 1. The van der Waals surface area contributed by atoms with Gasteiger partial charge < -0.3 is 10.0 Å². The van der Waals surface area contributed by atoms with Gasteiger partial charge in [0, 0.05) is 1.37 Å². The van der Waals surface area contributed by atoms with E-state index in [0.717, 1.165) is 0 Å². The van der Waals surface area contributed by atoms with E-state index in [4.69, 9.17) is 11.4 Å². The summed E-state index contributed by atoms with van der Waals surface area (Å²) in [4.78, 5) is 0. The Labute approximate surface area is 74.2 Å². The van der Waals surface area contributed by atoms with Crippen LogP contribution in [0.15, 0.2) is 30.3 Å². The molecule has 68 valence electrons. The molecule has 0 saturated heterocycles. The third-order valence-corrected chi connectivity index (χ3v) is 1.10. The molecule has 1 rings (SSSR count). The summed E-state index contributed by atoms with van der Waals surface area (Å²) in [6, 6.07) is 8.66. The Morgan fingerprint density at radius 3 is 1.92 bits per heavy atom. The van der Waals surface area contributed by atoms with Gasteiger partial charge in [0.05, 0.1) is 7.18 Å². The fourth-order valence-electron chi connectivity index (χ4n) is 0.625. The van der Waals surface area contributed by atoms with Crippen LogP contribution >= 0.6 is 0 Å². The molecule has 0 bridgehead atoms. The van der Waals surface area contributed by atoms with Gasteiger partial charge >= 0.3 is 7.12 Å². The van der Waals surface area contributed by atoms with Crippen LogP contribution in [0.2, 0.25) is 0 Å². The van der Waals surface area contributed by atoms with E-state index < -0.39 is 7.12 Å². The van der Waals surface area contributed by atoms with Gasteiger partial charge in [-0.15, -0.1) is 0 Å². The van der Waals surface area contributed by atoms with Crippen molar-refractivity contribution in [2.45, 2.75) is 7.40 Å². The Hall–Kier alpha value is -0.865. The van der Waals surface area contributed by atoms with Gasteiger partial charge in [0.2, 0.25) is 0 Å². The fourth-order valence-corrected chi connectivity index (χ4v) is 0.625. The number of hydrogen-bond acceptors (Lipinski definition) is 2. The van der Waals surface area contributed by atoms with Gasteiger partial charge in [0.1, 0.15) is 0 Å². The zero-order valence-electron chi connectivity index (χ0n) is 8.24. The van der Waals surface area contributed by atoms with Crippen LogP contribution in [0.25, 0.3) is 0 Å². The van der Waals surface area contributed by atoms with E-state index in [9.17, 15) is 4.39 Å². The standard InChI is InChI=1S/C6H7BO2.CH3F.CH4/c8-7(9)6-4-2-1-3-5-6;1-2;/h1-5,8-9H;1H3;1H4/i;;1D. The Bertz CT molecular complexity index is 185. The lowest BCUT2D eigenvalue weighted by atomic mass is 9.81. The summed E-state index contributed by atoms with van der Waals surface area (Å²) in [5.41, 5.74) is 0.525. The normalized spacial score (nSPS) is 7.92. The van der Waals surface area contributed by atoms with Crippen molar-refractivity contribution in [2.24, 2.45) is 0 Å². The fraction of sp³-hybridized carbons (Fsp3) is 0.250. The average Bonchev–Trinajstić information content (AvgIpc) is 2.25. The zero-order chi connectivity index (χ0) is 10.7. The molecule has 0 spiro atoms. The van der Waals surface area contributed by atoms with Gasteiger partial charge in [0.15, 0.2) is 0 Å². The van der Waals surface area contributed by atoms with Crippen LogP contribution in [0.5, 0.6) is 0 Å². The monoisotopic (exact) mass is 173 g/mol. The summed E-state index contributed by atoms with van der Waals surface area (Å²) >= 11 is 0. The molecule has 0 aliphatic carbocycles. The summed E-state index contributed by atoms with van der Waals surface area (Å²) in [5.74, 6) is 0. The van der Waals surface area contributed by atoms with Gasteiger partial charge in [-0.1, -0.05) is 37.7 Å². The van der Waals surface area contributed by atoms with Crippen LogP contribution in [0, 0.1) is 0 Å². The highest BCUT2D eigenvalue weighted by Gasteiger charge is 2.07. The highest BCUT2D eigenvalue weighted by atomic mass is 19.1. The molecular weight excluding hydrogens is 158 g/mol. The smallest absolute Gasteiger partial charge is 0.423 e. The maximum Gasteiger partial charge on any atom is 0.488 e. The summed E-state index contributed by atoms with van der Waals surface area (Å²) in [6.45, 7) is 0. The molecule has 0 saturated carbocycles. The molecule has 4 heteroatoms. The second kappa shape index (κ2) is 8.23. The van der Waals surface area contributed by atoms with Gasteiger partial charge in [-0.25, -0.2) is 0 Å². The van der Waals surface area contributed by atoms with E-state index in [-0.39, 0.29) is 0 Å². The summed E-state index contributed by atoms with van der Waals surface area (Å²) < 4.78 is 15.2. The lowest BCUT2D eigenvalue weighted by Crippen LogP contribution is -2.29. The van der Waals surface area contributed by atoms with Crippen LogP contribution in [0.1, 0.15) is 8.77 Å². The van der Waals surface area contributed by atoms with Gasteiger partial charge in [-0.2, -0.15) is 0 Å². The first-order chi connectivity index (χ1) is 6.30. The first-order valence-corrected chi connectivity index (χ1v) is 3.09. The molecule has 0 aromatic heterocycles. The van der Waals surface area contributed by atoms with E-state index in [1.165, 1.54) is 7.40 Å². The maximum atomic E-state index is 9.50. The number of alkyl halides is 1. The SMILES string of the molecule is CF.OB(O)c1ccccc1.[2H]C. The molecule has 2 nitrogen and oxygen atoms in total. The second-order valence-electron chi connectivity index (χ2n) is 1.78. The average molecular weight is 173 g/mol. The highest BCUT2D eigenvalue weighted by molar-refractivity contribution is 6.58. The highest BCUT2D eigenvalue weighted by Crippen LogP contribution is 1.82. The van der Waals surface area contributed by atoms with Crippen molar-refractivity contribution >= 4 is 12.6 Å². The van der Waals surface area contributed by atoms with Crippen molar-refractivity contribution in [3.8, 4) is 0 Å². The van der Waals surface area contributed by atoms with Crippen molar-refractivity contribution < 1.29 is 15.8 Å². The molecule has 0 unspecified atom stereocenters. The van der Waals surface area contributed by atoms with Gasteiger partial charge in [0.25, 0.3) is 0 Å². The quantitative estimate of drug-likeness (QED) is 0.610. The van der Waals surface area contributed by atoms with Crippen LogP contribution in [0.3, 0.4) is 0 Å². The lowest BCUT2D eigenvalue weighted by molar-refractivity contribution is 0.426. The summed E-state index contributed by atoms with van der Waals surface area (Å²) in [7, 11) is 0.409. The van der Waals surface area contributed by atoms with Gasteiger partial charge in [-0.3, -0.25) is 4.39 Å². The molecule has 0 radical (unpaired) electrons. The minimum Gasteiger partial charge on any atom is -0.423 e. The minimum absolute atomic E-state index is 0.500. The molecule has 1 aromatic rings. The molecule has 0 amide bonds. The van der Waals surface area contributed by atoms with Crippen LogP contribution in [0.4, 0.5) is 4.39 Å². The molecule has 1 aromatic carbocycles. The first-order valence-electron chi connectivity index (χ1n) is 4.09. The first kappa shape index (κ1) is 11.1. The number of hydrogen-bond donors (Lipinski definition) is 2. The van der Waals surface area contributed by atoms with Crippen molar-refractivity contribution in [3.05, 3.63) is 30.3 Å². The summed E-state index contributed by atoms with van der Waals surface area (Å²) in [5, 5.41) is 17.2. The van der Waals surface area contributed by atoms with Crippen molar-refractivity contribution in [2.75, 3.05) is 7.18 Å². The largest absolute Gasteiger partial charge is 0.488 e. The molecular formula is C8H14BFO2. The Balaban J connectivity index is 0. The van der Waals surface area contributed by atoms with E-state index in [2.05, 4.69) is 0 Å². The second-order valence-corrected chi connectivity index (χ2v) is 1.78. The van der Waals surface area contributed by atoms with E-state index in [1.807, 2.05) is 6.07 Å². The Kier molecular flexibility index (Phi) is 7.64. The predicted octanol–water partition coefficient (Wildman–Crippen LogP) is 0.588. The van der Waals surface area contributed by atoms with E-state index in [0.29, 0.717) is 12.6 Å². The van der Waals surface area contributed by atoms with Gasteiger partial charge in [-0.05, 0) is 5.46 Å². The predicted molar refractivity (Wildman–Crippen MR) is 50.0 cm³/mol. The lowest BCUT2D eigenvalue weighted by Gasteiger charge is -1.94. The van der Waals surface area contributed by atoms with E-state index >= 15 is 0 Å². The van der Waals surface area contributed by atoms with Crippen LogP contribution in [-0.4, -0.2) is 24.3 Å². The third-order valence-electron chi connectivity index (χ3n) is 1.10. The molecule has 0 aliphatic rings. The van der Waals surface area contributed by atoms with Crippen molar-refractivity contribution in [1.82, 2.24) is 0 Å². The topological polar surface area (TPSA) is 40.5 Å². The molecule has 0 heterocycles. The van der Waals surface area contributed by atoms with Crippen molar-refractivity contribution in [3.63, 3.8) is 0 Å². The van der Waals surface area contributed by atoms with Crippen molar-refractivity contribution in [1.29, 1.82) is 0 Å². The Morgan fingerprint density at radius 2 is 1.67 bits per heavy atom. The molecule has 0 fully saturated rings. The summed E-state index contributed by atoms with van der Waals surface area (Å²) in [6.07, 6.45) is 0. The van der Waals surface area contributed by atoms with Crippen LogP contribution < -0.4 is 5.46 Å². The minimum atomic E-state index is -1.34. The number of halogens is 1. The third kappa shape index (κ3) is 4.88. The molecule has 2 N–H and O–H groups in total. The molecule has 0 aliphatic heterocycles. The zero-order valence-corrected chi connectivity index (χ0v) is 7.24. The molecule has 12 heavy (non-hydrogen) atoms. The Morgan fingerprint density at radius 1 is 1.25 bits per heavy atom. The number of benzene rings is 1. The molecule has 0 atom stereocenters. The van der Waals surface area contributed by atoms with E-state index in [1.54, 1.807) is 24.3 Å². The maximum absolute atomic E-state index is 9.50.